The van der Waals surface area contributed by atoms with Crippen LogP contribution in [0.25, 0.3) is 0 Å². The topological polar surface area (TPSA) is 76.7 Å². The minimum atomic E-state index is -0.305. The van der Waals surface area contributed by atoms with Crippen LogP contribution < -0.4 is 20.1 Å². The predicted octanol–water partition coefficient (Wildman–Crippen LogP) is 3.16. The summed E-state index contributed by atoms with van der Waals surface area (Å²) >= 11 is 0. The fraction of sp³-hybridized carbons (Fsp3) is 0.333. The molecular formula is C21H24N2O4. The third-order valence-corrected chi connectivity index (χ3v) is 4.77. The van der Waals surface area contributed by atoms with Crippen LogP contribution in [0.15, 0.2) is 48.5 Å². The van der Waals surface area contributed by atoms with Crippen molar-refractivity contribution in [1.82, 2.24) is 5.32 Å². The summed E-state index contributed by atoms with van der Waals surface area (Å²) in [6, 6.07) is 14.8. The van der Waals surface area contributed by atoms with Crippen LogP contribution in [0.2, 0.25) is 0 Å². The summed E-state index contributed by atoms with van der Waals surface area (Å²) in [5, 5.41) is 5.83. The Kier molecular flexibility index (Phi) is 5.64. The molecule has 2 N–H and O–H groups in total. The first-order valence-electron chi connectivity index (χ1n) is 8.91. The number of benzene rings is 2. The standard InChI is InChI=1S/C21H24N2O4/c1-13(14-7-5-4-6-8-14)22-20(24)16-12-17(16)21(25)23-15-9-10-18(26-2)19(11-15)27-3/h4-11,13,16-17H,12H2,1-3H3,(H,22,24)(H,23,25). The first-order valence-corrected chi connectivity index (χ1v) is 8.91. The molecule has 0 saturated heterocycles. The Morgan fingerprint density at radius 1 is 0.963 bits per heavy atom. The zero-order valence-corrected chi connectivity index (χ0v) is 15.7. The van der Waals surface area contributed by atoms with E-state index in [0.717, 1.165) is 5.56 Å². The molecule has 0 aliphatic heterocycles. The molecule has 2 aromatic carbocycles. The van der Waals surface area contributed by atoms with Crippen molar-refractivity contribution >= 4 is 17.5 Å². The first-order chi connectivity index (χ1) is 13.0. The lowest BCUT2D eigenvalue weighted by molar-refractivity contribution is -0.125. The molecule has 6 nitrogen and oxygen atoms in total. The zero-order valence-electron chi connectivity index (χ0n) is 15.7. The number of hydrogen-bond donors (Lipinski definition) is 2. The molecule has 0 radical (unpaired) electrons. The molecule has 0 aromatic heterocycles. The highest BCUT2D eigenvalue weighted by molar-refractivity contribution is 5.99. The number of anilines is 1. The molecule has 2 aromatic rings. The summed E-state index contributed by atoms with van der Waals surface area (Å²) in [7, 11) is 3.10. The molecule has 1 saturated carbocycles. The van der Waals surface area contributed by atoms with Crippen LogP contribution in [0.1, 0.15) is 24.9 Å². The molecule has 3 atom stereocenters. The molecule has 1 fully saturated rings. The van der Waals surface area contributed by atoms with E-state index in [1.165, 1.54) is 0 Å². The maximum Gasteiger partial charge on any atom is 0.228 e. The Bertz CT molecular complexity index is 822. The monoisotopic (exact) mass is 368 g/mol. The number of hydrogen-bond acceptors (Lipinski definition) is 4. The van der Waals surface area contributed by atoms with E-state index < -0.39 is 0 Å². The summed E-state index contributed by atoms with van der Waals surface area (Å²) in [5.41, 5.74) is 1.65. The lowest BCUT2D eigenvalue weighted by atomic mass is 10.1. The zero-order chi connectivity index (χ0) is 19.4. The molecule has 0 bridgehead atoms. The lowest BCUT2D eigenvalue weighted by Crippen LogP contribution is -2.29. The molecule has 0 heterocycles. The van der Waals surface area contributed by atoms with Gasteiger partial charge in [0.1, 0.15) is 0 Å². The summed E-state index contributed by atoms with van der Waals surface area (Å²) in [5.74, 6) is 0.303. The van der Waals surface area contributed by atoms with E-state index >= 15 is 0 Å². The van der Waals surface area contributed by atoms with E-state index in [1.807, 2.05) is 37.3 Å². The van der Waals surface area contributed by atoms with E-state index in [-0.39, 0.29) is 29.7 Å². The smallest absolute Gasteiger partial charge is 0.228 e. The van der Waals surface area contributed by atoms with Crippen molar-refractivity contribution in [3.05, 3.63) is 54.1 Å². The van der Waals surface area contributed by atoms with Gasteiger partial charge < -0.3 is 20.1 Å². The van der Waals surface area contributed by atoms with E-state index in [4.69, 9.17) is 9.47 Å². The van der Waals surface area contributed by atoms with Crippen LogP contribution >= 0.6 is 0 Å². The SMILES string of the molecule is COc1ccc(NC(=O)C2CC2C(=O)NC(C)c2ccccc2)cc1OC. The highest BCUT2D eigenvalue weighted by atomic mass is 16.5. The molecule has 1 aliphatic carbocycles. The second kappa shape index (κ2) is 8.12. The van der Waals surface area contributed by atoms with Gasteiger partial charge in [-0.15, -0.1) is 0 Å². The number of rotatable bonds is 7. The molecule has 142 valence electrons. The summed E-state index contributed by atoms with van der Waals surface area (Å²) in [6.07, 6.45) is 0.562. The fourth-order valence-electron chi connectivity index (χ4n) is 3.07. The van der Waals surface area contributed by atoms with Crippen LogP contribution in [0.4, 0.5) is 5.69 Å². The van der Waals surface area contributed by atoms with Crippen LogP contribution in [-0.2, 0) is 9.59 Å². The van der Waals surface area contributed by atoms with Crippen LogP contribution in [0, 0.1) is 11.8 Å². The van der Waals surface area contributed by atoms with Gasteiger partial charge in [-0.25, -0.2) is 0 Å². The highest BCUT2D eigenvalue weighted by Crippen LogP contribution is 2.40. The molecule has 0 spiro atoms. The summed E-state index contributed by atoms with van der Waals surface area (Å²) in [6.45, 7) is 1.94. The Labute approximate surface area is 158 Å². The van der Waals surface area contributed by atoms with E-state index in [1.54, 1.807) is 32.4 Å². The predicted molar refractivity (Wildman–Crippen MR) is 103 cm³/mol. The lowest BCUT2D eigenvalue weighted by Gasteiger charge is -2.14. The van der Waals surface area contributed by atoms with Gasteiger partial charge >= 0.3 is 0 Å². The highest BCUT2D eigenvalue weighted by Gasteiger charge is 2.48. The number of amides is 2. The van der Waals surface area contributed by atoms with Gasteiger partial charge in [0.25, 0.3) is 0 Å². The van der Waals surface area contributed by atoms with E-state index in [2.05, 4.69) is 10.6 Å². The molecule has 3 unspecified atom stereocenters. The normalized spacial score (nSPS) is 18.9. The molecule has 1 aliphatic rings. The van der Waals surface area contributed by atoms with Crippen molar-refractivity contribution in [2.24, 2.45) is 11.8 Å². The van der Waals surface area contributed by atoms with Crippen LogP contribution in [0.3, 0.4) is 0 Å². The van der Waals surface area contributed by atoms with Gasteiger partial charge in [-0.2, -0.15) is 0 Å². The molecular weight excluding hydrogens is 344 g/mol. The Morgan fingerprint density at radius 2 is 1.63 bits per heavy atom. The maximum absolute atomic E-state index is 12.4. The number of carbonyl (C=O) groups excluding carboxylic acids is 2. The number of ether oxygens (including phenoxy) is 2. The van der Waals surface area contributed by atoms with E-state index in [9.17, 15) is 9.59 Å². The fourth-order valence-corrected chi connectivity index (χ4v) is 3.07. The van der Waals surface area contributed by atoms with Gasteiger partial charge in [-0.05, 0) is 31.0 Å². The molecule has 3 rings (SSSR count). The van der Waals surface area contributed by atoms with Gasteiger partial charge in [-0.1, -0.05) is 30.3 Å². The average molecular weight is 368 g/mol. The van der Waals surface area contributed by atoms with Crippen molar-refractivity contribution in [3.63, 3.8) is 0 Å². The van der Waals surface area contributed by atoms with Gasteiger partial charge in [0.15, 0.2) is 11.5 Å². The first kappa shape index (κ1) is 18.8. The minimum absolute atomic E-state index is 0.0844. The minimum Gasteiger partial charge on any atom is -0.493 e. The van der Waals surface area contributed by atoms with Crippen molar-refractivity contribution in [1.29, 1.82) is 0 Å². The molecule has 2 amide bonds. The van der Waals surface area contributed by atoms with Gasteiger partial charge in [-0.3, -0.25) is 9.59 Å². The second-order valence-corrected chi connectivity index (χ2v) is 6.65. The second-order valence-electron chi connectivity index (χ2n) is 6.65. The third-order valence-electron chi connectivity index (χ3n) is 4.77. The third kappa shape index (κ3) is 4.39. The van der Waals surface area contributed by atoms with Crippen molar-refractivity contribution < 1.29 is 19.1 Å². The summed E-state index contributed by atoms with van der Waals surface area (Å²) in [4.78, 5) is 24.8. The van der Waals surface area contributed by atoms with Crippen LogP contribution in [0.5, 0.6) is 11.5 Å². The maximum atomic E-state index is 12.4. The number of nitrogens with one attached hydrogen (secondary N) is 2. The Balaban J connectivity index is 1.55. The molecule has 6 heteroatoms. The van der Waals surface area contributed by atoms with Crippen molar-refractivity contribution in [2.75, 3.05) is 19.5 Å². The largest absolute Gasteiger partial charge is 0.493 e. The van der Waals surface area contributed by atoms with Crippen LogP contribution in [-0.4, -0.2) is 26.0 Å². The van der Waals surface area contributed by atoms with Crippen molar-refractivity contribution in [2.45, 2.75) is 19.4 Å². The average Bonchev–Trinajstić information content (AvgIpc) is 3.49. The quantitative estimate of drug-likeness (QED) is 0.787. The Hall–Kier alpha value is -3.02. The number of carbonyl (C=O) groups is 2. The molecule has 27 heavy (non-hydrogen) atoms. The summed E-state index contributed by atoms with van der Waals surface area (Å²) < 4.78 is 10.4. The van der Waals surface area contributed by atoms with Gasteiger partial charge in [0, 0.05) is 11.8 Å². The van der Waals surface area contributed by atoms with Crippen molar-refractivity contribution in [3.8, 4) is 11.5 Å². The number of methoxy groups -OCH3 is 2. The Morgan fingerprint density at radius 3 is 2.30 bits per heavy atom. The van der Waals surface area contributed by atoms with Gasteiger partial charge in [0.05, 0.1) is 32.1 Å². The van der Waals surface area contributed by atoms with E-state index in [0.29, 0.717) is 23.6 Å². The van der Waals surface area contributed by atoms with Gasteiger partial charge in [0.2, 0.25) is 11.8 Å².